The number of esters is 1. The molecule has 0 unspecified atom stereocenters. The number of ether oxygens (including phenoxy) is 2. The zero-order chi connectivity index (χ0) is 26.0. The molecule has 0 aromatic heterocycles. The van der Waals surface area contributed by atoms with Gasteiger partial charge in [0.15, 0.2) is 0 Å². The van der Waals surface area contributed by atoms with Crippen LogP contribution in [0.25, 0.3) is 0 Å². The van der Waals surface area contributed by atoms with Crippen molar-refractivity contribution in [2.75, 3.05) is 37.0 Å². The first-order valence-electron chi connectivity index (χ1n) is 13.6. The maximum atomic E-state index is 12.9. The zero-order valence-corrected chi connectivity index (χ0v) is 23.6. The summed E-state index contributed by atoms with van der Waals surface area (Å²) in [6, 6.07) is 12.2. The van der Waals surface area contributed by atoms with Gasteiger partial charge in [-0.1, -0.05) is 37.6 Å². The maximum Gasteiger partial charge on any atom is 0.338 e. The number of aryl methyl sites for hydroxylation is 1. The number of carbonyl (C=O) groups is 1. The quantitative estimate of drug-likeness (QED) is 0.259. The van der Waals surface area contributed by atoms with E-state index in [1.807, 2.05) is 56.0 Å². The van der Waals surface area contributed by atoms with E-state index in [0.717, 1.165) is 54.6 Å². The lowest BCUT2D eigenvalue weighted by atomic mass is 9.70. The standard InChI is InChI=1S/C31H38ClNO3S/c1-4-14-37-29-12-8-24(29)17-33-19-31(13-5-6-22-15-25(32)9-10-26(22)31)20-36-28-11-7-23(16-27(28)33)30(34)35-18-21(2)3/h4,7,9-11,15-16,21,24,29H,1,5-6,8,12-14,17-20H2,2-3H3/t24-,29+,31-/m0/s1. The lowest BCUT2D eigenvalue weighted by molar-refractivity contribution is 0.0459. The minimum atomic E-state index is -0.267. The topological polar surface area (TPSA) is 38.8 Å². The van der Waals surface area contributed by atoms with Gasteiger partial charge in [-0.25, -0.2) is 4.79 Å². The summed E-state index contributed by atoms with van der Waals surface area (Å²) in [6.45, 7) is 10.9. The molecule has 37 heavy (non-hydrogen) atoms. The van der Waals surface area contributed by atoms with Crippen LogP contribution in [0.15, 0.2) is 49.1 Å². The Kier molecular flexibility index (Phi) is 8.11. The third-order valence-corrected chi connectivity index (χ3v) is 9.76. The summed E-state index contributed by atoms with van der Waals surface area (Å²) >= 11 is 8.40. The van der Waals surface area contributed by atoms with Gasteiger partial charge in [-0.15, -0.1) is 6.58 Å². The molecule has 1 spiro atoms. The van der Waals surface area contributed by atoms with Gasteiger partial charge in [0.1, 0.15) is 5.75 Å². The number of rotatable bonds is 8. The lowest BCUT2D eigenvalue weighted by Gasteiger charge is -2.44. The summed E-state index contributed by atoms with van der Waals surface area (Å²) in [5.74, 6) is 2.49. The molecule has 1 aliphatic heterocycles. The molecule has 0 radical (unpaired) electrons. The smallest absolute Gasteiger partial charge is 0.338 e. The average molecular weight is 540 g/mol. The predicted molar refractivity (Wildman–Crippen MR) is 155 cm³/mol. The molecule has 0 amide bonds. The highest BCUT2D eigenvalue weighted by Crippen LogP contribution is 2.46. The second kappa shape index (κ2) is 11.3. The average Bonchev–Trinajstić information content (AvgIpc) is 3.02. The highest BCUT2D eigenvalue weighted by molar-refractivity contribution is 8.00. The molecule has 1 saturated carbocycles. The van der Waals surface area contributed by atoms with E-state index in [1.165, 1.54) is 24.0 Å². The summed E-state index contributed by atoms with van der Waals surface area (Å²) in [6.07, 6.45) is 7.75. The number of anilines is 1. The molecule has 0 bridgehead atoms. The van der Waals surface area contributed by atoms with Crippen LogP contribution in [-0.4, -0.2) is 43.3 Å². The second-order valence-corrected chi connectivity index (χ2v) is 13.0. The van der Waals surface area contributed by atoms with Crippen molar-refractivity contribution in [3.05, 3.63) is 70.8 Å². The highest BCUT2D eigenvalue weighted by Gasteiger charge is 2.43. The van der Waals surface area contributed by atoms with Crippen LogP contribution in [0.1, 0.15) is 61.0 Å². The SMILES string of the molecule is C=CCS[C@@H]1CC[C@H]1CN1C[C@@]2(CCCc3cc(Cl)ccc32)COc2ccc(C(=O)OCC(C)C)cc21. The van der Waals surface area contributed by atoms with E-state index in [0.29, 0.717) is 35.9 Å². The Bertz CT molecular complexity index is 1150. The zero-order valence-electron chi connectivity index (χ0n) is 22.0. The van der Waals surface area contributed by atoms with Gasteiger partial charge in [0, 0.05) is 34.5 Å². The first-order valence-corrected chi connectivity index (χ1v) is 15.0. The largest absolute Gasteiger partial charge is 0.490 e. The molecule has 0 saturated heterocycles. The summed E-state index contributed by atoms with van der Waals surface area (Å²) in [5, 5.41) is 1.45. The Balaban J connectivity index is 1.49. The van der Waals surface area contributed by atoms with Crippen molar-refractivity contribution >= 4 is 35.0 Å². The molecular formula is C31H38ClNO3S. The number of carbonyl (C=O) groups excluding carboxylic acids is 1. The van der Waals surface area contributed by atoms with Crippen molar-refractivity contribution in [3.8, 4) is 5.75 Å². The Morgan fingerprint density at radius 1 is 1.30 bits per heavy atom. The molecule has 1 fully saturated rings. The van der Waals surface area contributed by atoms with Crippen molar-refractivity contribution in [3.63, 3.8) is 0 Å². The van der Waals surface area contributed by atoms with Gasteiger partial charge in [0.2, 0.25) is 0 Å². The number of hydrogen-bond donors (Lipinski definition) is 0. The van der Waals surface area contributed by atoms with Gasteiger partial charge >= 0.3 is 5.97 Å². The molecule has 0 N–H and O–H groups in total. The minimum Gasteiger partial charge on any atom is -0.490 e. The molecular weight excluding hydrogens is 502 g/mol. The highest BCUT2D eigenvalue weighted by atomic mass is 35.5. The van der Waals surface area contributed by atoms with E-state index >= 15 is 0 Å². The Labute approximate surface area is 230 Å². The van der Waals surface area contributed by atoms with Crippen LogP contribution >= 0.6 is 23.4 Å². The molecule has 3 aliphatic rings. The molecule has 4 nitrogen and oxygen atoms in total. The first-order chi connectivity index (χ1) is 17.9. The Hall–Kier alpha value is -2.11. The van der Waals surface area contributed by atoms with E-state index in [9.17, 15) is 4.79 Å². The minimum absolute atomic E-state index is 0.108. The van der Waals surface area contributed by atoms with Crippen LogP contribution in [0.2, 0.25) is 5.02 Å². The van der Waals surface area contributed by atoms with Crippen molar-refractivity contribution in [2.45, 2.75) is 56.6 Å². The third kappa shape index (κ3) is 5.68. The van der Waals surface area contributed by atoms with Gasteiger partial charge in [0.05, 0.1) is 24.5 Å². The Morgan fingerprint density at radius 3 is 2.92 bits per heavy atom. The van der Waals surface area contributed by atoms with E-state index in [-0.39, 0.29) is 11.4 Å². The maximum absolute atomic E-state index is 12.9. The number of hydrogen-bond acceptors (Lipinski definition) is 5. The molecule has 3 atom stereocenters. The van der Waals surface area contributed by atoms with Crippen LogP contribution < -0.4 is 9.64 Å². The van der Waals surface area contributed by atoms with Gasteiger partial charge in [-0.3, -0.25) is 0 Å². The van der Waals surface area contributed by atoms with Crippen LogP contribution in [0.5, 0.6) is 5.75 Å². The molecule has 2 aliphatic carbocycles. The van der Waals surface area contributed by atoms with E-state index in [2.05, 4.69) is 23.6 Å². The Morgan fingerprint density at radius 2 is 2.16 bits per heavy atom. The van der Waals surface area contributed by atoms with Gasteiger partial charge < -0.3 is 14.4 Å². The van der Waals surface area contributed by atoms with E-state index in [1.54, 1.807) is 0 Å². The van der Waals surface area contributed by atoms with Crippen LogP contribution in [0.3, 0.4) is 0 Å². The summed E-state index contributed by atoms with van der Waals surface area (Å²) in [5.41, 5.74) is 4.20. The fraction of sp³-hybridized carbons (Fsp3) is 0.516. The van der Waals surface area contributed by atoms with Crippen molar-refractivity contribution in [1.82, 2.24) is 0 Å². The molecule has 198 valence electrons. The van der Waals surface area contributed by atoms with E-state index < -0.39 is 0 Å². The number of thioether (sulfide) groups is 1. The van der Waals surface area contributed by atoms with Crippen LogP contribution in [0, 0.1) is 11.8 Å². The second-order valence-electron chi connectivity index (χ2n) is 11.3. The molecule has 2 aromatic carbocycles. The summed E-state index contributed by atoms with van der Waals surface area (Å²) in [4.78, 5) is 15.4. The number of nitrogens with zero attached hydrogens (tertiary/aromatic N) is 1. The van der Waals surface area contributed by atoms with Gasteiger partial charge in [0.25, 0.3) is 0 Å². The third-order valence-electron chi connectivity index (χ3n) is 8.05. The normalized spacial score (nSPS) is 24.5. The van der Waals surface area contributed by atoms with Crippen LogP contribution in [0.4, 0.5) is 5.69 Å². The summed E-state index contributed by atoms with van der Waals surface area (Å²) < 4.78 is 12.1. The number of benzene rings is 2. The lowest BCUT2D eigenvalue weighted by Crippen LogP contribution is -2.49. The van der Waals surface area contributed by atoms with Gasteiger partial charge in [-0.05, 0) is 85.4 Å². The molecule has 5 rings (SSSR count). The fourth-order valence-corrected chi connectivity index (χ4v) is 7.38. The van der Waals surface area contributed by atoms with Crippen molar-refractivity contribution < 1.29 is 14.3 Å². The molecule has 1 heterocycles. The summed E-state index contributed by atoms with van der Waals surface area (Å²) in [7, 11) is 0. The fourth-order valence-electron chi connectivity index (χ4n) is 6.01. The first kappa shape index (κ1) is 26.5. The van der Waals surface area contributed by atoms with E-state index in [4.69, 9.17) is 21.1 Å². The van der Waals surface area contributed by atoms with Gasteiger partial charge in [-0.2, -0.15) is 11.8 Å². The monoisotopic (exact) mass is 539 g/mol. The number of halogens is 1. The number of fused-ring (bicyclic) bond motifs is 3. The van der Waals surface area contributed by atoms with Crippen molar-refractivity contribution in [2.24, 2.45) is 11.8 Å². The molecule has 6 heteroatoms. The van der Waals surface area contributed by atoms with Crippen molar-refractivity contribution in [1.29, 1.82) is 0 Å². The predicted octanol–water partition coefficient (Wildman–Crippen LogP) is 7.32. The molecule has 2 aromatic rings. The van der Waals surface area contributed by atoms with Crippen LogP contribution in [-0.2, 0) is 16.6 Å².